The zero-order chi connectivity index (χ0) is 12.6. The molecule has 0 spiro atoms. The van der Waals surface area contributed by atoms with Crippen LogP contribution in [0.3, 0.4) is 0 Å². The van der Waals surface area contributed by atoms with Gasteiger partial charge in [0.05, 0.1) is 12.6 Å². The fourth-order valence-electron chi connectivity index (χ4n) is 1.40. The second-order valence-electron chi connectivity index (χ2n) is 4.25. The first kappa shape index (κ1) is 15.1. The maximum atomic E-state index is 11.5. The smallest absolute Gasteiger partial charge is 0.234 e. The van der Waals surface area contributed by atoms with Crippen molar-refractivity contribution in [2.75, 3.05) is 27.2 Å². The Morgan fingerprint density at radius 1 is 1.31 bits per heavy atom. The second kappa shape index (κ2) is 8.24. The molecule has 0 unspecified atom stereocenters. The van der Waals surface area contributed by atoms with Gasteiger partial charge in [-0.1, -0.05) is 0 Å². The topological polar surface area (TPSA) is 75.4 Å². The largest absolute Gasteiger partial charge is 0.345 e. The zero-order valence-corrected chi connectivity index (χ0v) is 10.5. The molecule has 0 aliphatic heterocycles. The van der Waals surface area contributed by atoms with Crippen molar-refractivity contribution in [2.45, 2.75) is 32.2 Å². The number of hydrogen-bond donors (Lipinski definition) is 2. The molecule has 1 atom stereocenters. The van der Waals surface area contributed by atoms with Crippen LogP contribution >= 0.6 is 0 Å². The van der Waals surface area contributed by atoms with Crippen LogP contribution in [-0.2, 0) is 9.59 Å². The van der Waals surface area contributed by atoms with Crippen LogP contribution in [0.5, 0.6) is 0 Å². The molecule has 5 heteroatoms. The Morgan fingerprint density at radius 2 is 1.94 bits per heavy atom. The van der Waals surface area contributed by atoms with Crippen molar-refractivity contribution < 1.29 is 9.59 Å². The van der Waals surface area contributed by atoms with Gasteiger partial charge in [-0.3, -0.25) is 9.59 Å². The van der Waals surface area contributed by atoms with E-state index < -0.39 is 0 Å². The van der Waals surface area contributed by atoms with E-state index in [1.807, 2.05) is 14.1 Å². The van der Waals surface area contributed by atoms with E-state index in [0.29, 0.717) is 19.5 Å². The van der Waals surface area contributed by atoms with E-state index >= 15 is 0 Å². The van der Waals surface area contributed by atoms with Gasteiger partial charge in [0.15, 0.2) is 5.78 Å². The van der Waals surface area contributed by atoms with E-state index in [2.05, 4.69) is 5.32 Å². The summed E-state index contributed by atoms with van der Waals surface area (Å²) in [7, 11) is 3.63. The molecule has 1 amide bonds. The molecule has 0 rings (SSSR count). The molecule has 5 nitrogen and oxygen atoms in total. The van der Waals surface area contributed by atoms with Gasteiger partial charge in [-0.15, -0.1) is 0 Å². The Bertz CT molecular complexity index is 229. The summed E-state index contributed by atoms with van der Waals surface area (Å²) in [6.07, 6.45) is 2.42. The number of ketones is 1. The molecule has 0 fully saturated rings. The summed E-state index contributed by atoms with van der Waals surface area (Å²) in [6.45, 7) is 2.43. The Morgan fingerprint density at radius 3 is 2.38 bits per heavy atom. The summed E-state index contributed by atoms with van der Waals surface area (Å²) in [4.78, 5) is 24.5. The summed E-state index contributed by atoms with van der Waals surface area (Å²) in [5, 5.41) is 2.74. The summed E-state index contributed by atoms with van der Waals surface area (Å²) in [5.74, 6) is -0.109. The second-order valence-corrected chi connectivity index (χ2v) is 4.25. The molecule has 0 aromatic heterocycles. The number of carbonyl (C=O) groups is 2. The third kappa shape index (κ3) is 7.36. The number of nitrogens with one attached hydrogen (secondary N) is 1. The lowest BCUT2D eigenvalue weighted by molar-refractivity contribution is -0.127. The third-order valence-corrected chi connectivity index (χ3v) is 2.23. The van der Waals surface area contributed by atoms with Gasteiger partial charge in [0, 0.05) is 0 Å². The van der Waals surface area contributed by atoms with Crippen LogP contribution in [0, 0.1) is 0 Å². The van der Waals surface area contributed by atoms with E-state index in [1.54, 1.807) is 4.90 Å². The highest BCUT2D eigenvalue weighted by atomic mass is 16.2. The van der Waals surface area contributed by atoms with Gasteiger partial charge in [0.25, 0.3) is 0 Å². The number of carbonyl (C=O) groups excluding carboxylic acids is 2. The Kier molecular flexibility index (Phi) is 7.76. The summed E-state index contributed by atoms with van der Waals surface area (Å²) >= 11 is 0. The molecule has 0 radical (unpaired) electrons. The minimum absolute atomic E-state index is 0.00382. The van der Waals surface area contributed by atoms with Crippen molar-refractivity contribution in [3.8, 4) is 0 Å². The first-order valence-electron chi connectivity index (χ1n) is 5.62. The SMILES string of the molecule is CC(=O)[C@H](CCCCN)NC(=O)CN(C)C. The third-order valence-electron chi connectivity index (χ3n) is 2.23. The van der Waals surface area contributed by atoms with Crippen molar-refractivity contribution in [3.05, 3.63) is 0 Å². The van der Waals surface area contributed by atoms with Gasteiger partial charge in [-0.05, 0) is 46.8 Å². The van der Waals surface area contributed by atoms with Crippen LogP contribution in [0.25, 0.3) is 0 Å². The number of unbranched alkanes of at least 4 members (excludes halogenated alkanes) is 1. The first-order chi connectivity index (χ1) is 7.47. The van der Waals surface area contributed by atoms with Crippen molar-refractivity contribution in [1.29, 1.82) is 0 Å². The van der Waals surface area contributed by atoms with Gasteiger partial charge in [0.1, 0.15) is 0 Å². The van der Waals surface area contributed by atoms with Gasteiger partial charge in [-0.25, -0.2) is 0 Å². The standard InChI is InChI=1S/C11H23N3O2/c1-9(15)10(6-4-5-7-12)13-11(16)8-14(2)3/h10H,4-8,12H2,1-3H3,(H,13,16)/t10-/m0/s1. The molecule has 0 saturated carbocycles. The molecule has 0 saturated heterocycles. The van der Waals surface area contributed by atoms with E-state index in [0.717, 1.165) is 12.8 Å². The molecule has 0 aromatic carbocycles. The van der Waals surface area contributed by atoms with E-state index in [4.69, 9.17) is 5.73 Å². The van der Waals surface area contributed by atoms with Crippen LogP contribution < -0.4 is 11.1 Å². The molecule has 0 aliphatic carbocycles. The normalized spacial score (nSPS) is 12.6. The van der Waals surface area contributed by atoms with Crippen molar-refractivity contribution >= 4 is 11.7 Å². The highest BCUT2D eigenvalue weighted by molar-refractivity contribution is 5.88. The zero-order valence-electron chi connectivity index (χ0n) is 10.5. The Hall–Kier alpha value is -0.940. The van der Waals surface area contributed by atoms with Gasteiger partial charge in [-0.2, -0.15) is 0 Å². The summed E-state index contributed by atoms with van der Waals surface area (Å²) in [5.41, 5.74) is 5.38. The Labute approximate surface area is 97.4 Å². The molecular weight excluding hydrogens is 206 g/mol. The van der Waals surface area contributed by atoms with Crippen molar-refractivity contribution in [1.82, 2.24) is 10.2 Å². The molecule has 0 heterocycles. The van der Waals surface area contributed by atoms with Crippen LogP contribution in [0.2, 0.25) is 0 Å². The average Bonchev–Trinajstić information content (AvgIpc) is 2.15. The molecule has 3 N–H and O–H groups in total. The fourth-order valence-corrected chi connectivity index (χ4v) is 1.40. The fraction of sp³-hybridized carbons (Fsp3) is 0.818. The molecular formula is C11H23N3O2. The first-order valence-corrected chi connectivity index (χ1v) is 5.62. The number of hydrogen-bond acceptors (Lipinski definition) is 4. The molecule has 94 valence electrons. The average molecular weight is 229 g/mol. The van der Waals surface area contributed by atoms with Gasteiger partial charge in [0.2, 0.25) is 5.91 Å². The number of nitrogens with zero attached hydrogens (tertiary/aromatic N) is 1. The molecule has 0 bridgehead atoms. The highest BCUT2D eigenvalue weighted by Crippen LogP contribution is 2.01. The molecule has 0 aromatic rings. The van der Waals surface area contributed by atoms with Crippen LogP contribution in [0.1, 0.15) is 26.2 Å². The quantitative estimate of drug-likeness (QED) is 0.563. The Balaban J connectivity index is 4.02. The number of Topliss-reactive ketones (excluding diaryl/α,β-unsaturated/α-hetero) is 1. The van der Waals surface area contributed by atoms with Gasteiger partial charge < -0.3 is 16.0 Å². The minimum atomic E-state index is -0.362. The van der Waals surface area contributed by atoms with Crippen LogP contribution in [0.4, 0.5) is 0 Å². The van der Waals surface area contributed by atoms with E-state index in [-0.39, 0.29) is 17.7 Å². The number of nitrogens with two attached hydrogens (primary N) is 1. The summed E-state index contributed by atoms with van der Waals surface area (Å²) < 4.78 is 0. The number of likely N-dealkylation sites (N-methyl/N-ethyl adjacent to an activating group) is 1. The van der Waals surface area contributed by atoms with Crippen LogP contribution in [-0.4, -0.2) is 49.8 Å². The lowest BCUT2D eigenvalue weighted by Crippen LogP contribution is -2.43. The molecule has 16 heavy (non-hydrogen) atoms. The van der Waals surface area contributed by atoms with E-state index in [1.165, 1.54) is 6.92 Å². The van der Waals surface area contributed by atoms with Crippen LogP contribution in [0.15, 0.2) is 0 Å². The lowest BCUT2D eigenvalue weighted by Gasteiger charge is -2.17. The van der Waals surface area contributed by atoms with Gasteiger partial charge >= 0.3 is 0 Å². The maximum absolute atomic E-state index is 11.5. The predicted octanol–water partition coefficient (Wildman–Crippen LogP) is -0.249. The van der Waals surface area contributed by atoms with Crippen molar-refractivity contribution in [3.63, 3.8) is 0 Å². The van der Waals surface area contributed by atoms with E-state index in [9.17, 15) is 9.59 Å². The maximum Gasteiger partial charge on any atom is 0.234 e. The highest BCUT2D eigenvalue weighted by Gasteiger charge is 2.16. The summed E-state index contributed by atoms with van der Waals surface area (Å²) in [6, 6.07) is -0.362. The van der Waals surface area contributed by atoms with Crippen molar-refractivity contribution in [2.24, 2.45) is 5.73 Å². The number of rotatable bonds is 8. The lowest BCUT2D eigenvalue weighted by atomic mass is 10.1. The number of amides is 1. The minimum Gasteiger partial charge on any atom is -0.345 e. The molecule has 0 aliphatic rings. The predicted molar refractivity (Wildman–Crippen MR) is 64.1 cm³/mol. The monoisotopic (exact) mass is 229 g/mol.